The summed E-state index contributed by atoms with van der Waals surface area (Å²) in [5.41, 5.74) is 0.476. The lowest BCUT2D eigenvalue weighted by molar-refractivity contribution is -0.139. The van der Waals surface area contributed by atoms with Gasteiger partial charge in [-0.1, -0.05) is 17.7 Å². The molecule has 24 heavy (non-hydrogen) atoms. The fourth-order valence-corrected chi connectivity index (χ4v) is 4.70. The van der Waals surface area contributed by atoms with Gasteiger partial charge in [0.2, 0.25) is 0 Å². The van der Waals surface area contributed by atoms with Crippen molar-refractivity contribution in [3.05, 3.63) is 35.0 Å². The average Bonchev–Trinajstić information content (AvgIpc) is 3.00. The zero-order valence-electron chi connectivity index (χ0n) is 12.8. The molecule has 0 aromatic heterocycles. The molecule has 0 saturated carbocycles. The van der Waals surface area contributed by atoms with E-state index in [0.29, 0.717) is 11.4 Å². The molecule has 3 rings (SSSR count). The predicted octanol–water partition coefficient (Wildman–Crippen LogP) is 1.11. The Balaban J connectivity index is 1.84. The molecule has 1 aromatic carbocycles. The maximum atomic E-state index is 12.6. The fraction of sp³-hybridized carbons (Fsp3) is 0.333. The first-order valence-electron chi connectivity index (χ1n) is 7.21. The van der Waals surface area contributed by atoms with Gasteiger partial charge in [0, 0.05) is 11.8 Å². The van der Waals surface area contributed by atoms with Crippen molar-refractivity contribution in [2.24, 2.45) is 0 Å². The summed E-state index contributed by atoms with van der Waals surface area (Å²) >= 11 is 6.02. The summed E-state index contributed by atoms with van der Waals surface area (Å²) in [4.78, 5) is 25.8. The maximum Gasteiger partial charge on any atom is 0.279 e. The van der Waals surface area contributed by atoms with Gasteiger partial charge in [0.1, 0.15) is 16.5 Å². The number of benzene rings is 1. The predicted molar refractivity (Wildman–Crippen MR) is 88.4 cm³/mol. The highest BCUT2D eigenvalue weighted by atomic mass is 35.5. The first-order chi connectivity index (χ1) is 11.3. The minimum Gasteiger partial charge on any atom is -0.497 e. The summed E-state index contributed by atoms with van der Waals surface area (Å²) in [7, 11) is -1.72. The largest absolute Gasteiger partial charge is 0.497 e. The second kappa shape index (κ2) is 6.10. The smallest absolute Gasteiger partial charge is 0.279 e. The van der Waals surface area contributed by atoms with Gasteiger partial charge >= 0.3 is 0 Å². The molecule has 0 spiro atoms. The Morgan fingerprint density at radius 2 is 2.04 bits per heavy atom. The molecule has 2 aliphatic heterocycles. The van der Waals surface area contributed by atoms with Crippen LogP contribution in [0.2, 0.25) is 0 Å². The van der Waals surface area contributed by atoms with Crippen LogP contribution in [-0.4, -0.2) is 49.8 Å². The number of anilines is 1. The van der Waals surface area contributed by atoms with Crippen LogP contribution in [0.15, 0.2) is 35.0 Å². The van der Waals surface area contributed by atoms with Gasteiger partial charge in [-0.3, -0.25) is 14.5 Å². The van der Waals surface area contributed by atoms with Gasteiger partial charge in [0.25, 0.3) is 11.8 Å². The van der Waals surface area contributed by atoms with Crippen molar-refractivity contribution in [3.63, 3.8) is 0 Å². The summed E-state index contributed by atoms with van der Waals surface area (Å²) in [5, 5.41) is 2.58. The molecular weight excluding hydrogens is 356 g/mol. The minimum atomic E-state index is -3.23. The molecule has 1 fully saturated rings. The molecule has 1 saturated heterocycles. The van der Waals surface area contributed by atoms with E-state index >= 15 is 0 Å². The van der Waals surface area contributed by atoms with Crippen LogP contribution in [0.25, 0.3) is 0 Å². The van der Waals surface area contributed by atoms with E-state index in [-0.39, 0.29) is 28.7 Å². The van der Waals surface area contributed by atoms with Crippen molar-refractivity contribution in [1.29, 1.82) is 0 Å². The molecule has 1 atom stereocenters. The quantitative estimate of drug-likeness (QED) is 0.798. The van der Waals surface area contributed by atoms with Gasteiger partial charge in [-0.15, -0.1) is 0 Å². The minimum absolute atomic E-state index is 0.0367. The lowest BCUT2D eigenvalue weighted by Crippen LogP contribution is -2.42. The van der Waals surface area contributed by atoms with E-state index < -0.39 is 27.7 Å². The summed E-state index contributed by atoms with van der Waals surface area (Å²) in [6.45, 7) is 0. The van der Waals surface area contributed by atoms with Crippen molar-refractivity contribution >= 4 is 38.9 Å². The zero-order valence-corrected chi connectivity index (χ0v) is 14.4. The molecule has 7 nitrogen and oxygen atoms in total. The number of imide groups is 1. The number of carbonyl (C=O) groups is 2. The van der Waals surface area contributed by atoms with Gasteiger partial charge < -0.3 is 10.1 Å². The third kappa shape index (κ3) is 2.99. The van der Waals surface area contributed by atoms with E-state index in [1.165, 1.54) is 7.11 Å². The number of carbonyl (C=O) groups excluding carboxylic acids is 2. The van der Waals surface area contributed by atoms with E-state index in [2.05, 4.69) is 5.32 Å². The second-order valence-corrected chi connectivity index (χ2v) is 8.19. The molecule has 128 valence electrons. The second-order valence-electron chi connectivity index (χ2n) is 5.58. The number of sulfone groups is 1. The molecule has 0 aliphatic carbocycles. The van der Waals surface area contributed by atoms with E-state index in [9.17, 15) is 18.0 Å². The summed E-state index contributed by atoms with van der Waals surface area (Å²) in [6, 6.07) is 6.13. The number of hydrogen-bond donors (Lipinski definition) is 1. The molecule has 0 unspecified atom stereocenters. The molecular formula is C15H15ClN2O5S. The van der Waals surface area contributed by atoms with Gasteiger partial charge in [-0.05, 0) is 18.6 Å². The Bertz CT molecular complexity index is 849. The van der Waals surface area contributed by atoms with Crippen molar-refractivity contribution < 1.29 is 22.7 Å². The van der Waals surface area contributed by atoms with E-state index in [0.717, 1.165) is 4.90 Å². The Morgan fingerprint density at radius 1 is 1.29 bits per heavy atom. The zero-order chi connectivity index (χ0) is 17.5. The maximum absolute atomic E-state index is 12.6. The van der Waals surface area contributed by atoms with Gasteiger partial charge in [-0.2, -0.15) is 0 Å². The third-order valence-electron chi connectivity index (χ3n) is 3.97. The van der Waals surface area contributed by atoms with Crippen LogP contribution in [0.4, 0.5) is 5.69 Å². The molecule has 1 aromatic rings. The van der Waals surface area contributed by atoms with Crippen LogP contribution in [-0.2, 0) is 19.4 Å². The highest BCUT2D eigenvalue weighted by Gasteiger charge is 2.45. The molecule has 9 heteroatoms. The van der Waals surface area contributed by atoms with Crippen LogP contribution >= 0.6 is 11.6 Å². The highest BCUT2D eigenvalue weighted by Crippen LogP contribution is 2.31. The van der Waals surface area contributed by atoms with Crippen molar-refractivity contribution in [2.45, 2.75) is 12.5 Å². The lowest BCUT2D eigenvalue weighted by Gasteiger charge is -2.21. The molecule has 0 radical (unpaired) electrons. The number of amides is 2. The molecule has 1 N–H and O–H groups in total. The summed E-state index contributed by atoms with van der Waals surface area (Å²) in [5.74, 6) is -0.970. The fourth-order valence-electron chi connectivity index (χ4n) is 2.78. The van der Waals surface area contributed by atoms with Gasteiger partial charge in [0.05, 0.1) is 24.7 Å². The van der Waals surface area contributed by atoms with Crippen LogP contribution < -0.4 is 10.1 Å². The topological polar surface area (TPSA) is 92.8 Å². The van der Waals surface area contributed by atoms with E-state index in [4.69, 9.17) is 16.3 Å². The van der Waals surface area contributed by atoms with Crippen molar-refractivity contribution in [2.75, 3.05) is 23.9 Å². The highest BCUT2D eigenvalue weighted by molar-refractivity contribution is 7.91. The molecule has 0 bridgehead atoms. The number of hydrogen-bond acceptors (Lipinski definition) is 6. The lowest BCUT2D eigenvalue weighted by atomic mass is 10.2. The Hall–Kier alpha value is -2.06. The molecule has 2 aliphatic rings. The number of ether oxygens (including phenoxy) is 1. The number of nitrogens with zero attached hydrogens (tertiary/aromatic N) is 1. The SMILES string of the molecule is COc1cccc(NC2=C(Cl)C(=O)N([C@@H]3CCS(=O)(=O)C3)C2=O)c1. The first kappa shape index (κ1) is 16.8. The van der Waals surface area contributed by atoms with Crippen LogP contribution in [0, 0.1) is 0 Å². The number of nitrogens with one attached hydrogen (secondary N) is 1. The first-order valence-corrected chi connectivity index (χ1v) is 9.41. The molecule has 2 heterocycles. The van der Waals surface area contributed by atoms with Crippen molar-refractivity contribution in [3.8, 4) is 5.75 Å². The standard InChI is InChI=1S/C15H15ClN2O5S/c1-23-11-4-2-3-9(7-11)17-13-12(16)14(19)18(15(13)20)10-5-6-24(21,22)8-10/h2-4,7,10,17H,5-6,8H2,1H3/t10-/m1/s1. The number of methoxy groups -OCH3 is 1. The number of halogens is 1. The Kier molecular flexibility index (Phi) is 4.27. The van der Waals surface area contributed by atoms with Crippen LogP contribution in [0.5, 0.6) is 5.75 Å². The van der Waals surface area contributed by atoms with Gasteiger partial charge in [-0.25, -0.2) is 8.42 Å². The normalized spacial score (nSPS) is 23.1. The van der Waals surface area contributed by atoms with Gasteiger partial charge in [0.15, 0.2) is 9.84 Å². The average molecular weight is 371 g/mol. The Labute approximate surface area is 144 Å². The Morgan fingerprint density at radius 3 is 2.67 bits per heavy atom. The van der Waals surface area contributed by atoms with Crippen LogP contribution in [0.3, 0.4) is 0 Å². The van der Waals surface area contributed by atoms with E-state index in [1.54, 1.807) is 24.3 Å². The molecule has 2 amide bonds. The van der Waals surface area contributed by atoms with Crippen molar-refractivity contribution in [1.82, 2.24) is 4.90 Å². The van der Waals surface area contributed by atoms with E-state index in [1.807, 2.05) is 0 Å². The van der Waals surface area contributed by atoms with Crippen LogP contribution in [0.1, 0.15) is 6.42 Å². The third-order valence-corrected chi connectivity index (χ3v) is 6.07. The monoisotopic (exact) mass is 370 g/mol. The number of rotatable bonds is 4. The summed E-state index contributed by atoms with van der Waals surface area (Å²) in [6.07, 6.45) is 0.233. The summed E-state index contributed by atoms with van der Waals surface area (Å²) < 4.78 is 28.3.